The van der Waals surface area contributed by atoms with Gasteiger partial charge in [-0.2, -0.15) is 0 Å². The first-order valence-corrected chi connectivity index (χ1v) is 10.3. The molecule has 0 aliphatic carbocycles. The Balaban J connectivity index is 1.84. The van der Waals surface area contributed by atoms with Crippen molar-refractivity contribution >= 4 is 39.8 Å². The highest BCUT2D eigenvalue weighted by molar-refractivity contribution is 7.15. The summed E-state index contributed by atoms with van der Waals surface area (Å²) in [6, 6.07) is 16.4. The molecule has 0 radical (unpaired) electrons. The number of hydrogen-bond acceptors (Lipinski definition) is 5. The third kappa shape index (κ3) is 4.96. The van der Waals surface area contributed by atoms with E-state index < -0.39 is 18.0 Å². The minimum absolute atomic E-state index is 0.238. The number of carbonyl (C=O) groups excluding carboxylic acids is 2. The maximum atomic E-state index is 12.7. The molecule has 29 heavy (non-hydrogen) atoms. The highest BCUT2D eigenvalue weighted by Gasteiger charge is 2.25. The fraction of sp³-hybridized carbons (Fsp3) is 0.182. The average molecular weight is 430 g/mol. The van der Waals surface area contributed by atoms with Crippen LogP contribution in [0.2, 0.25) is 5.02 Å². The van der Waals surface area contributed by atoms with Crippen LogP contribution >= 0.6 is 22.9 Å². The molecule has 0 fully saturated rings. The molecule has 0 aliphatic rings. The van der Waals surface area contributed by atoms with E-state index in [2.05, 4.69) is 5.32 Å². The summed E-state index contributed by atoms with van der Waals surface area (Å²) in [7, 11) is 0. The summed E-state index contributed by atoms with van der Waals surface area (Å²) in [6.07, 6.45) is -0.813. The number of nitrogens with one attached hydrogen (secondary N) is 1. The lowest BCUT2D eigenvalue weighted by Crippen LogP contribution is -2.30. The van der Waals surface area contributed by atoms with Crippen molar-refractivity contribution in [2.75, 3.05) is 11.9 Å². The second kappa shape index (κ2) is 9.58. The number of halogens is 1. The summed E-state index contributed by atoms with van der Waals surface area (Å²) in [4.78, 5) is 25.3. The monoisotopic (exact) mass is 429 g/mol. The molecule has 0 aliphatic heterocycles. The number of ether oxygens (including phenoxy) is 2. The number of benzene rings is 2. The molecule has 5 nitrogen and oxygen atoms in total. The SMILES string of the molecule is CCOC(=O)c1c(-c2ccccc2)csc1NC(=O)[C@@H](C)Oc1ccccc1Cl. The Bertz CT molecular complexity index is 1000. The molecular formula is C22H20ClNO4S. The topological polar surface area (TPSA) is 64.6 Å². The summed E-state index contributed by atoms with van der Waals surface area (Å²) in [5.74, 6) is -0.460. The Morgan fingerprint density at radius 3 is 2.48 bits per heavy atom. The first kappa shape index (κ1) is 20.9. The molecule has 1 N–H and O–H groups in total. The molecule has 1 amide bonds. The zero-order valence-corrected chi connectivity index (χ0v) is 17.5. The standard InChI is InChI=1S/C22H20ClNO4S/c1-3-27-22(26)19-16(15-9-5-4-6-10-15)13-29-21(19)24-20(25)14(2)28-18-12-8-7-11-17(18)23/h4-14H,3H2,1-2H3,(H,24,25)/t14-/m1/s1. The third-order valence-corrected chi connectivity index (χ3v) is 5.31. The van der Waals surface area contributed by atoms with Gasteiger partial charge in [-0.3, -0.25) is 4.79 Å². The van der Waals surface area contributed by atoms with Crippen LogP contribution in [-0.4, -0.2) is 24.6 Å². The molecule has 0 spiro atoms. The fourth-order valence-corrected chi connectivity index (χ4v) is 3.82. The van der Waals surface area contributed by atoms with E-state index in [1.165, 1.54) is 11.3 Å². The quantitative estimate of drug-likeness (QED) is 0.493. The Hall–Kier alpha value is -2.83. The van der Waals surface area contributed by atoms with E-state index in [0.29, 0.717) is 26.9 Å². The van der Waals surface area contributed by atoms with Gasteiger partial charge in [-0.25, -0.2) is 4.79 Å². The van der Waals surface area contributed by atoms with E-state index in [1.54, 1.807) is 38.1 Å². The van der Waals surface area contributed by atoms with Gasteiger partial charge in [-0.15, -0.1) is 11.3 Å². The number of amides is 1. The van der Waals surface area contributed by atoms with Gasteiger partial charge in [0.15, 0.2) is 6.10 Å². The molecule has 0 unspecified atom stereocenters. The second-order valence-electron chi connectivity index (χ2n) is 6.12. The van der Waals surface area contributed by atoms with E-state index in [-0.39, 0.29) is 6.61 Å². The van der Waals surface area contributed by atoms with Gasteiger partial charge in [-0.05, 0) is 31.5 Å². The van der Waals surface area contributed by atoms with Gasteiger partial charge in [0.1, 0.15) is 16.3 Å². The van der Waals surface area contributed by atoms with Crippen LogP contribution in [0.15, 0.2) is 60.0 Å². The van der Waals surface area contributed by atoms with Crippen molar-refractivity contribution < 1.29 is 19.1 Å². The van der Waals surface area contributed by atoms with Gasteiger partial charge in [-0.1, -0.05) is 54.1 Å². The minimum atomic E-state index is -0.813. The average Bonchev–Trinajstić information content (AvgIpc) is 3.14. The van der Waals surface area contributed by atoms with Crippen LogP contribution in [-0.2, 0) is 9.53 Å². The maximum absolute atomic E-state index is 12.7. The number of para-hydroxylation sites is 1. The van der Waals surface area contributed by atoms with Crippen molar-refractivity contribution in [2.45, 2.75) is 20.0 Å². The normalized spacial score (nSPS) is 11.6. The predicted octanol–water partition coefficient (Wildman–Crippen LogP) is 5.65. The number of hydrogen-bond donors (Lipinski definition) is 1. The van der Waals surface area contributed by atoms with E-state index in [0.717, 1.165) is 5.56 Å². The molecule has 150 valence electrons. The molecule has 0 saturated carbocycles. The Morgan fingerprint density at radius 2 is 1.79 bits per heavy atom. The number of thiophene rings is 1. The van der Waals surface area contributed by atoms with Crippen LogP contribution in [0.5, 0.6) is 5.75 Å². The Labute approximate surface area is 178 Å². The van der Waals surface area contributed by atoms with Crippen LogP contribution in [0, 0.1) is 0 Å². The van der Waals surface area contributed by atoms with Crippen molar-refractivity contribution in [2.24, 2.45) is 0 Å². The van der Waals surface area contributed by atoms with Crippen molar-refractivity contribution in [1.82, 2.24) is 0 Å². The molecule has 7 heteroatoms. The van der Waals surface area contributed by atoms with Gasteiger partial charge in [0, 0.05) is 10.9 Å². The number of carbonyl (C=O) groups is 2. The van der Waals surface area contributed by atoms with E-state index >= 15 is 0 Å². The summed E-state index contributed by atoms with van der Waals surface area (Å²) >= 11 is 7.36. The molecule has 3 rings (SSSR count). The van der Waals surface area contributed by atoms with E-state index in [9.17, 15) is 9.59 Å². The van der Waals surface area contributed by atoms with Crippen LogP contribution in [0.1, 0.15) is 24.2 Å². The number of rotatable bonds is 7. The van der Waals surface area contributed by atoms with Gasteiger partial charge in [0.25, 0.3) is 5.91 Å². The zero-order chi connectivity index (χ0) is 20.8. The van der Waals surface area contributed by atoms with E-state index in [1.807, 2.05) is 35.7 Å². The lowest BCUT2D eigenvalue weighted by atomic mass is 10.0. The minimum Gasteiger partial charge on any atom is -0.479 e. The van der Waals surface area contributed by atoms with Gasteiger partial charge in [0.2, 0.25) is 0 Å². The number of esters is 1. The van der Waals surface area contributed by atoms with Crippen molar-refractivity contribution in [1.29, 1.82) is 0 Å². The molecule has 0 saturated heterocycles. The van der Waals surface area contributed by atoms with Crippen molar-refractivity contribution in [3.63, 3.8) is 0 Å². The van der Waals surface area contributed by atoms with Gasteiger partial charge in [0.05, 0.1) is 11.6 Å². The highest BCUT2D eigenvalue weighted by atomic mass is 35.5. The Kier molecular flexibility index (Phi) is 6.90. The largest absolute Gasteiger partial charge is 0.479 e. The first-order valence-electron chi connectivity index (χ1n) is 9.07. The summed E-state index contributed by atoms with van der Waals surface area (Å²) in [5.41, 5.74) is 1.91. The predicted molar refractivity (Wildman–Crippen MR) is 116 cm³/mol. The molecular weight excluding hydrogens is 410 g/mol. The smallest absolute Gasteiger partial charge is 0.341 e. The lowest BCUT2D eigenvalue weighted by Gasteiger charge is -2.15. The van der Waals surface area contributed by atoms with Crippen molar-refractivity contribution in [3.8, 4) is 16.9 Å². The lowest BCUT2D eigenvalue weighted by molar-refractivity contribution is -0.122. The third-order valence-electron chi connectivity index (χ3n) is 4.10. The number of anilines is 1. The van der Waals surface area contributed by atoms with Gasteiger partial charge >= 0.3 is 5.97 Å². The zero-order valence-electron chi connectivity index (χ0n) is 16.0. The summed E-state index contributed by atoms with van der Waals surface area (Å²) in [6.45, 7) is 3.60. The fourth-order valence-electron chi connectivity index (χ4n) is 2.68. The molecule has 1 aromatic heterocycles. The molecule has 2 aromatic carbocycles. The van der Waals surface area contributed by atoms with E-state index in [4.69, 9.17) is 21.1 Å². The Morgan fingerprint density at radius 1 is 1.10 bits per heavy atom. The highest BCUT2D eigenvalue weighted by Crippen LogP contribution is 2.36. The van der Waals surface area contributed by atoms with Crippen LogP contribution < -0.4 is 10.1 Å². The first-order chi connectivity index (χ1) is 14.0. The van der Waals surface area contributed by atoms with Crippen LogP contribution in [0.4, 0.5) is 5.00 Å². The molecule has 1 atom stereocenters. The summed E-state index contributed by atoms with van der Waals surface area (Å²) in [5, 5.41) is 5.46. The second-order valence-corrected chi connectivity index (χ2v) is 7.41. The van der Waals surface area contributed by atoms with Crippen LogP contribution in [0.3, 0.4) is 0 Å². The summed E-state index contributed by atoms with van der Waals surface area (Å²) < 4.78 is 10.9. The van der Waals surface area contributed by atoms with Gasteiger partial charge < -0.3 is 14.8 Å². The molecule has 3 aromatic rings. The maximum Gasteiger partial charge on any atom is 0.341 e. The van der Waals surface area contributed by atoms with Crippen LogP contribution in [0.25, 0.3) is 11.1 Å². The molecule has 1 heterocycles. The van der Waals surface area contributed by atoms with Crippen molar-refractivity contribution in [3.05, 3.63) is 70.6 Å². The molecule has 0 bridgehead atoms.